The summed E-state index contributed by atoms with van der Waals surface area (Å²) in [5, 5.41) is 18.6. The molecule has 1 saturated heterocycles. The Morgan fingerprint density at radius 1 is 0.389 bits per heavy atom. The highest BCUT2D eigenvalue weighted by molar-refractivity contribution is 5.99. The third-order valence-electron chi connectivity index (χ3n) is 12.1. The summed E-state index contributed by atoms with van der Waals surface area (Å²) in [6.07, 6.45) is 3.96. The van der Waals surface area contributed by atoms with Gasteiger partial charge in [0.15, 0.2) is 17.9 Å². The number of aromatic nitrogens is 2. The molecule has 6 amide bonds. The van der Waals surface area contributed by atoms with Crippen molar-refractivity contribution in [3.05, 3.63) is 108 Å². The molecule has 382 valence electrons. The van der Waals surface area contributed by atoms with Gasteiger partial charge in [-0.2, -0.15) is 0 Å². The van der Waals surface area contributed by atoms with Gasteiger partial charge in [-0.3, -0.25) is 43.7 Å². The fourth-order valence-corrected chi connectivity index (χ4v) is 8.47. The lowest BCUT2D eigenvalue weighted by molar-refractivity contribution is -0.136. The fourth-order valence-electron chi connectivity index (χ4n) is 8.47. The first-order valence-electron chi connectivity index (χ1n) is 23.8. The lowest BCUT2D eigenvalue weighted by Crippen LogP contribution is -2.62. The Kier molecular flexibility index (Phi) is 18.9. The molecule has 0 unspecified atom stereocenters. The van der Waals surface area contributed by atoms with Crippen LogP contribution in [0.5, 0.6) is 0 Å². The summed E-state index contributed by atoms with van der Waals surface area (Å²) in [5.74, 6) is -4.95. The quantitative estimate of drug-likeness (QED) is 0.0279. The molecule has 1 aliphatic heterocycles. The van der Waals surface area contributed by atoms with Gasteiger partial charge >= 0.3 is 0 Å². The van der Waals surface area contributed by atoms with Crippen LogP contribution in [0.15, 0.2) is 106 Å². The van der Waals surface area contributed by atoms with Crippen molar-refractivity contribution in [2.75, 3.05) is 19.6 Å². The number of guanidine groups is 3. The molecule has 0 spiro atoms. The van der Waals surface area contributed by atoms with Crippen LogP contribution < -0.4 is 66.3 Å². The zero-order valence-corrected chi connectivity index (χ0v) is 39.9. The smallest absolute Gasteiger partial charge is 0.243 e. The zero-order chi connectivity index (χ0) is 51.6. The van der Waals surface area contributed by atoms with E-state index < -0.39 is 71.7 Å². The molecule has 1 aliphatic rings. The summed E-state index contributed by atoms with van der Waals surface area (Å²) >= 11 is 0. The summed E-state index contributed by atoms with van der Waals surface area (Å²) in [7, 11) is 0. The SMILES string of the molecule is NC(N)=NCCC[C@@H]1NC(=O)[C@H](Cc2c[nH]c3ccccc23)NC(=O)[C@H](Cc2c[nH]c3ccccc23)NC(=O)[C@H](CCCN=C(N)N)NC(=O)[C@@H](CCCN=C(N)N)NC(=O)[C@H](Cc2ccccc2)NC1=O. The van der Waals surface area contributed by atoms with Crippen molar-refractivity contribution in [3.8, 4) is 0 Å². The van der Waals surface area contributed by atoms with E-state index in [2.05, 4.69) is 56.8 Å². The van der Waals surface area contributed by atoms with Crippen LogP contribution in [0.4, 0.5) is 0 Å². The van der Waals surface area contributed by atoms with Gasteiger partial charge in [-0.05, 0) is 67.3 Å². The lowest BCUT2D eigenvalue weighted by atomic mass is 10.00. The Labute approximate surface area is 415 Å². The summed E-state index contributed by atoms with van der Waals surface area (Å²) in [4.78, 5) is 107. The monoisotopic (exact) mass is 988 g/mol. The first-order chi connectivity index (χ1) is 34.6. The number of carbonyl (C=O) groups excluding carboxylic acids is 6. The second kappa shape index (κ2) is 25.8. The van der Waals surface area contributed by atoms with E-state index in [4.69, 9.17) is 34.4 Å². The normalized spacial score (nSPS) is 20.4. The Balaban J connectivity index is 1.45. The lowest BCUT2D eigenvalue weighted by Gasteiger charge is -2.29. The molecule has 23 heteroatoms. The van der Waals surface area contributed by atoms with Crippen LogP contribution in [0.3, 0.4) is 0 Å². The molecular weight excluding hydrogens is 923 g/mol. The Hall–Kier alpha value is -8.63. The summed E-state index contributed by atoms with van der Waals surface area (Å²) in [6, 6.07) is 15.9. The van der Waals surface area contributed by atoms with Crippen molar-refractivity contribution in [1.82, 2.24) is 41.9 Å². The van der Waals surface area contributed by atoms with Gasteiger partial charge in [0, 0.05) is 73.1 Å². The number of hydrogen-bond acceptors (Lipinski definition) is 9. The van der Waals surface area contributed by atoms with Crippen molar-refractivity contribution in [2.24, 2.45) is 49.4 Å². The minimum Gasteiger partial charge on any atom is -0.370 e. The van der Waals surface area contributed by atoms with Gasteiger partial charge in [-0.15, -0.1) is 0 Å². The van der Waals surface area contributed by atoms with E-state index in [1.165, 1.54) is 0 Å². The van der Waals surface area contributed by atoms with Crippen molar-refractivity contribution >= 4 is 75.1 Å². The first-order valence-corrected chi connectivity index (χ1v) is 23.8. The standard InChI is InChI=1S/C49H65N17O6/c50-47(51)56-20-8-17-35-41(67)61-36(18-9-21-57-48(52)53)43(69)65-40(25-30-27-60-34-16-7-5-14-32(30)34)46(72)66-39(24-29-26-59-33-15-6-4-13-31(29)33)45(71)63-37(19-10-22-58-49(54)55)42(68)64-38(44(70)62-35)23-28-11-2-1-3-12-28/h1-7,11-16,26-27,35-40,59-60H,8-10,17-25H2,(H,61,67)(H,62,70)(H,63,71)(H,64,68)(H,65,69)(H,66,72)(H4,50,51,56)(H4,52,53,57)(H4,54,55,58)/t35-,36+,37+,38+,39+,40+/m1/s1. The van der Waals surface area contributed by atoms with E-state index in [0.29, 0.717) is 16.7 Å². The molecule has 3 heterocycles. The number of nitrogens with zero attached hydrogens (tertiary/aromatic N) is 3. The molecule has 6 rings (SSSR count). The molecule has 0 saturated carbocycles. The molecule has 3 aromatic carbocycles. The van der Waals surface area contributed by atoms with E-state index in [1.54, 1.807) is 42.7 Å². The Morgan fingerprint density at radius 3 is 1.06 bits per heavy atom. The van der Waals surface area contributed by atoms with E-state index in [-0.39, 0.29) is 95.3 Å². The summed E-state index contributed by atoms with van der Waals surface area (Å²) in [5.41, 5.74) is 37.1. The van der Waals surface area contributed by atoms with Crippen LogP contribution >= 0.6 is 0 Å². The van der Waals surface area contributed by atoms with Crippen LogP contribution in [0.2, 0.25) is 0 Å². The van der Waals surface area contributed by atoms with Crippen molar-refractivity contribution in [1.29, 1.82) is 0 Å². The van der Waals surface area contributed by atoms with E-state index in [9.17, 15) is 28.8 Å². The molecule has 0 bridgehead atoms. The fraction of sp³-hybridized carbons (Fsp3) is 0.367. The van der Waals surface area contributed by atoms with E-state index >= 15 is 0 Å². The third-order valence-corrected chi connectivity index (χ3v) is 12.1. The summed E-state index contributed by atoms with van der Waals surface area (Å²) < 4.78 is 0. The molecule has 6 atom stereocenters. The van der Waals surface area contributed by atoms with Crippen LogP contribution in [0.1, 0.15) is 55.2 Å². The molecule has 0 aliphatic carbocycles. The maximum atomic E-state index is 14.9. The predicted molar refractivity (Wildman–Crippen MR) is 275 cm³/mol. The number of benzene rings is 3. The number of fused-ring (bicyclic) bond motifs is 2. The number of H-pyrrole nitrogens is 2. The number of hydrogen-bond donors (Lipinski definition) is 14. The van der Waals surface area contributed by atoms with Crippen molar-refractivity contribution in [3.63, 3.8) is 0 Å². The maximum absolute atomic E-state index is 14.9. The van der Waals surface area contributed by atoms with Gasteiger partial charge in [0.1, 0.15) is 36.3 Å². The minimum atomic E-state index is -1.33. The van der Waals surface area contributed by atoms with Crippen LogP contribution in [0, 0.1) is 0 Å². The number of para-hydroxylation sites is 2. The van der Waals surface area contributed by atoms with Gasteiger partial charge in [-0.1, -0.05) is 66.7 Å². The van der Waals surface area contributed by atoms with Gasteiger partial charge in [0.05, 0.1) is 0 Å². The zero-order valence-electron chi connectivity index (χ0n) is 39.9. The average molecular weight is 988 g/mol. The first kappa shape index (κ1) is 52.7. The molecular formula is C49H65N17O6. The number of carbonyl (C=O) groups is 6. The summed E-state index contributed by atoms with van der Waals surface area (Å²) in [6.45, 7) is 0.301. The second-order valence-corrected chi connectivity index (χ2v) is 17.5. The van der Waals surface area contributed by atoms with Gasteiger partial charge in [0.25, 0.3) is 0 Å². The highest BCUT2D eigenvalue weighted by Crippen LogP contribution is 2.22. The van der Waals surface area contributed by atoms with E-state index in [0.717, 1.165) is 21.8 Å². The topological polar surface area (TPSA) is 399 Å². The maximum Gasteiger partial charge on any atom is 0.243 e. The third kappa shape index (κ3) is 15.4. The molecule has 1 fully saturated rings. The van der Waals surface area contributed by atoms with Gasteiger partial charge in [-0.25, -0.2) is 0 Å². The molecule has 23 nitrogen and oxygen atoms in total. The molecule has 72 heavy (non-hydrogen) atoms. The van der Waals surface area contributed by atoms with E-state index in [1.807, 2.05) is 48.5 Å². The van der Waals surface area contributed by atoms with Crippen molar-refractivity contribution in [2.45, 2.75) is 94.0 Å². The highest BCUT2D eigenvalue weighted by Gasteiger charge is 2.36. The number of aromatic amines is 2. The Morgan fingerprint density at radius 2 is 0.694 bits per heavy atom. The van der Waals surface area contributed by atoms with Gasteiger partial charge < -0.3 is 76.3 Å². The van der Waals surface area contributed by atoms with Crippen LogP contribution in [0.25, 0.3) is 21.8 Å². The minimum absolute atomic E-state index is 0.00141. The van der Waals surface area contributed by atoms with Gasteiger partial charge in [0.2, 0.25) is 35.4 Å². The highest BCUT2D eigenvalue weighted by atomic mass is 16.2. The van der Waals surface area contributed by atoms with Crippen LogP contribution in [-0.4, -0.2) is 119 Å². The molecule has 0 radical (unpaired) electrons. The number of nitrogens with two attached hydrogens (primary N) is 6. The number of aliphatic imine (C=N–C) groups is 3. The van der Waals surface area contributed by atoms with Crippen LogP contribution in [-0.2, 0) is 48.0 Å². The second-order valence-electron chi connectivity index (χ2n) is 17.5. The average Bonchev–Trinajstić information content (AvgIpc) is 3.96. The predicted octanol–water partition coefficient (Wildman–Crippen LogP) is -1.24. The molecule has 5 aromatic rings. The molecule has 20 N–H and O–H groups in total. The number of amides is 6. The van der Waals surface area contributed by atoms with Crippen molar-refractivity contribution < 1.29 is 28.8 Å². The number of rotatable bonds is 18. The molecule has 2 aromatic heterocycles. The Bertz CT molecular complexity index is 2760. The number of nitrogens with one attached hydrogen (secondary N) is 8. The largest absolute Gasteiger partial charge is 0.370 e.